The molecule has 0 radical (unpaired) electrons. The Morgan fingerprint density at radius 1 is 1.33 bits per heavy atom. The van der Waals surface area contributed by atoms with Crippen LogP contribution in [0.1, 0.15) is 0 Å². The standard InChI is InChI=1S/C6H8N6/c7-1-12-3-11-4-5(8)9-2-10-6(4)12/h2-3H,1,7H2,(H2,8,9,10). The van der Waals surface area contributed by atoms with E-state index in [2.05, 4.69) is 15.0 Å². The number of anilines is 1. The highest BCUT2D eigenvalue weighted by Crippen LogP contribution is 2.12. The van der Waals surface area contributed by atoms with Gasteiger partial charge in [-0.1, -0.05) is 0 Å². The molecule has 0 spiro atoms. The summed E-state index contributed by atoms with van der Waals surface area (Å²) >= 11 is 0. The number of nitrogens with two attached hydrogens (primary N) is 2. The van der Waals surface area contributed by atoms with E-state index < -0.39 is 0 Å². The number of imidazole rings is 1. The number of rotatable bonds is 1. The number of hydrogen-bond donors (Lipinski definition) is 2. The van der Waals surface area contributed by atoms with Crippen LogP contribution in [0.2, 0.25) is 0 Å². The molecule has 4 N–H and O–H groups in total. The van der Waals surface area contributed by atoms with Gasteiger partial charge in [0.1, 0.15) is 11.8 Å². The van der Waals surface area contributed by atoms with Gasteiger partial charge in [0.05, 0.1) is 13.0 Å². The predicted octanol–water partition coefficient (Wildman–Crippen LogP) is -0.675. The van der Waals surface area contributed by atoms with Crippen LogP contribution in [0.25, 0.3) is 11.2 Å². The van der Waals surface area contributed by atoms with Crippen LogP contribution < -0.4 is 11.5 Å². The van der Waals surface area contributed by atoms with Crippen molar-refractivity contribution in [1.82, 2.24) is 19.5 Å². The Kier molecular flexibility index (Phi) is 1.41. The molecule has 12 heavy (non-hydrogen) atoms. The van der Waals surface area contributed by atoms with Crippen LogP contribution >= 0.6 is 0 Å². The summed E-state index contributed by atoms with van der Waals surface area (Å²) in [5.41, 5.74) is 12.3. The van der Waals surface area contributed by atoms with Gasteiger partial charge in [-0.2, -0.15) is 0 Å². The van der Waals surface area contributed by atoms with E-state index in [1.807, 2.05) is 0 Å². The molecule has 2 rings (SSSR count). The van der Waals surface area contributed by atoms with Crippen molar-refractivity contribution in [3.8, 4) is 0 Å². The molecule has 0 aromatic carbocycles. The maximum Gasteiger partial charge on any atom is 0.166 e. The molecule has 6 heteroatoms. The third-order valence-corrected chi connectivity index (χ3v) is 1.63. The highest BCUT2D eigenvalue weighted by Gasteiger charge is 2.05. The van der Waals surface area contributed by atoms with Gasteiger partial charge in [-0.15, -0.1) is 0 Å². The Bertz CT molecular complexity index is 405. The first-order valence-electron chi connectivity index (χ1n) is 3.44. The van der Waals surface area contributed by atoms with Crippen molar-refractivity contribution in [2.75, 3.05) is 5.73 Å². The van der Waals surface area contributed by atoms with E-state index in [1.165, 1.54) is 6.33 Å². The minimum atomic E-state index is 0.340. The van der Waals surface area contributed by atoms with Crippen LogP contribution in [0.15, 0.2) is 12.7 Å². The van der Waals surface area contributed by atoms with Gasteiger partial charge in [0, 0.05) is 0 Å². The first kappa shape index (κ1) is 6.99. The Balaban J connectivity index is 2.80. The lowest BCUT2D eigenvalue weighted by Gasteiger charge is -1.96. The second-order valence-corrected chi connectivity index (χ2v) is 2.33. The van der Waals surface area contributed by atoms with Crippen LogP contribution in [-0.2, 0) is 6.67 Å². The van der Waals surface area contributed by atoms with Gasteiger partial charge >= 0.3 is 0 Å². The van der Waals surface area contributed by atoms with E-state index in [1.54, 1.807) is 10.9 Å². The number of nitrogen functional groups attached to an aromatic ring is 1. The molecule has 0 saturated heterocycles. The first-order chi connectivity index (χ1) is 5.83. The lowest BCUT2D eigenvalue weighted by molar-refractivity contribution is 0.746. The molecule has 2 aromatic rings. The lowest BCUT2D eigenvalue weighted by atomic mass is 10.5. The van der Waals surface area contributed by atoms with Gasteiger partial charge in [-0.25, -0.2) is 15.0 Å². The van der Waals surface area contributed by atoms with E-state index >= 15 is 0 Å². The average Bonchev–Trinajstić information content (AvgIpc) is 2.49. The van der Waals surface area contributed by atoms with Gasteiger partial charge in [0.15, 0.2) is 11.5 Å². The molecule has 0 aliphatic rings. The Morgan fingerprint density at radius 3 is 2.92 bits per heavy atom. The quantitative estimate of drug-likeness (QED) is 0.582. The van der Waals surface area contributed by atoms with Crippen molar-refractivity contribution < 1.29 is 0 Å². The molecule has 0 fully saturated rings. The smallest absolute Gasteiger partial charge is 0.166 e. The Labute approximate surface area is 68.2 Å². The van der Waals surface area contributed by atoms with Crippen molar-refractivity contribution in [3.63, 3.8) is 0 Å². The molecule has 2 heterocycles. The zero-order chi connectivity index (χ0) is 8.55. The number of nitrogens with zero attached hydrogens (tertiary/aromatic N) is 4. The second-order valence-electron chi connectivity index (χ2n) is 2.33. The van der Waals surface area contributed by atoms with Crippen LogP contribution in [0, 0.1) is 0 Å². The third-order valence-electron chi connectivity index (χ3n) is 1.63. The molecule has 0 bridgehead atoms. The summed E-state index contributed by atoms with van der Waals surface area (Å²) in [5, 5.41) is 0. The Hall–Kier alpha value is -1.69. The fraction of sp³-hybridized carbons (Fsp3) is 0.167. The predicted molar refractivity (Wildman–Crippen MR) is 43.9 cm³/mol. The normalized spacial score (nSPS) is 10.8. The molecular weight excluding hydrogens is 156 g/mol. The van der Waals surface area contributed by atoms with Crippen LogP contribution in [0.5, 0.6) is 0 Å². The minimum Gasteiger partial charge on any atom is -0.382 e. The van der Waals surface area contributed by atoms with Crippen molar-refractivity contribution in [1.29, 1.82) is 0 Å². The summed E-state index contributed by atoms with van der Waals surface area (Å²) in [6.07, 6.45) is 2.99. The maximum atomic E-state index is 5.56. The maximum absolute atomic E-state index is 5.56. The fourth-order valence-electron chi connectivity index (χ4n) is 1.03. The van der Waals surface area contributed by atoms with Crippen LogP contribution in [0.3, 0.4) is 0 Å². The minimum absolute atomic E-state index is 0.340. The highest BCUT2D eigenvalue weighted by atomic mass is 15.2. The summed E-state index contributed by atoms with van der Waals surface area (Å²) < 4.78 is 1.70. The second kappa shape index (κ2) is 2.42. The highest BCUT2D eigenvalue weighted by molar-refractivity contribution is 5.80. The van der Waals surface area contributed by atoms with Crippen molar-refractivity contribution in [2.24, 2.45) is 5.73 Å². The molecule has 0 aliphatic carbocycles. The van der Waals surface area contributed by atoms with Crippen molar-refractivity contribution in [2.45, 2.75) is 6.67 Å². The summed E-state index contributed by atoms with van der Waals surface area (Å²) in [4.78, 5) is 11.8. The SMILES string of the molecule is NCn1cnc2c(N)ncnc21. The lowest BCUT2D eigenvalue weighted by Crippen LogP contribution is -2.06. The summed E-state index contributed by atoms with van der Waals surface area (Å²) in [6.45, 7) is 0.340. The van der Waals surface area contributed by atoms with Crippen molar-refractivity contribution >= 4 is 17.0 Å². The molecule has 6 nitrogen and oxygen atoms in total. The fourth-order valence-corrected chi connectivity index (χ4v) is 1.03. The van der Waals surface area contributed by atoms with Gasteiger partial charge in [-0.3, -0.25) is 0 Å². The Morgan fingerprint density at radius 2 is 2.17 bits per heavy atom. The summed E-state index contributed by atoms with van der Waals surface area (Å²) in [5.74, 6) is 0.382. The van der Waals surface area contributed by atoms with Gasteiger partial charge in [0.25, 0.3) is 0 Å². The van der Waals surface area contributed by atoms with Gasteiger partial charge < -0.3 is 16.0 Å². The topological polar surface area (TPSA) is 95.6 Å². The van der Waals surface area contributed by atoms with E-state index in [4.69, 9.17) is 11.5 Å². The largest absolute Gasteiger partial charge is 0.382 e. The van der Waals surface area contributed by atoms with E-state index in [9.17, 15) is 0 Å². The zero-order valence-electron chi connectivity index (χ0n) is 6.31. The van der Waals surface area contributed by atoms with Gasteiger partial charge in [-0.05, 0) is 0 Å². The molecular formula is C6H8N6. The van der Waals surface area contributed by atoms with Crippen LogP contribution in [0.4, 0.5) is 5.82 Å². The zero-order valence-corrected chi connectivity index (χ0v) is 6.31. The number of fused-ring (bicyclic) bond motifs is 1. The molecule has 0 aliphatic heterocycles. The summed E-state index contributed by atoms with van der Waals surface area (Å²) in [6, 6.07) is 0. The average molecular weight is 164 g/mol. The molecule has 0 amide bonds. The third kappa shape index (κ3) is 0.817. The van der Waals surface area contributed by atoms with Crippen LogP contribution in [-0.4, -0.2) is 19.5 Å². The van der Waals surface area contributed by atoms with E-state index in [0.717, 1.165) is 0 Å². The number of hydrogen-bond acceptors (Lipinski definition) is 5. The molecule has 0 unspecified atom stereocenters. The molecule has 2 aromatic heterocycles. The van der Waals surface area contributed by atoms with Crippen molar-refractivity contribution in [3.05, 3.63) is 12.7 Å². The molecule has 62 valence electrons. The van der Waals surface area contributed by atoms with E-state index in [-0.39, 0.29) is 0 Å². The number of aromatic nitrogens is 4. The van der Waals surface area contributed by atoms with E-state index in [0.29, 0.717) is 23.7 Å². The van der Waals surface area contributed by atoms with Gasteiger partial charge in [0.2, 0.25) is 0 Å². The summed E-state index contributed by atoms with van der Waals surface area (Å²) in [7, 11) is 0. The first-order valence-corrected chi connectivity index (χ1v) is 3.44. The monoisotopic (exact) mass is 164 g/mol. The molecule has 0 atom stereocenters. The molecule has 0 saturated carbocycles.